The minimum Gasteiger partial charge on any atom is -0.341 e. The molecule has 1 unspecified atom stereocenters. The smallest absolute Gasteiger partial charge is 0.124 e. The number of nitrogens with zero attached hydrogens (tertiary/aromatic N) is 1. The monoisotopic (exact) mass is 216 g/mol. The van der Waals surface area contributed by atoms with Gasteiger partial charge in [0.25, 0.3) is 0 Å². The Balaban J connectivity index is 2.01. The Kier molecular flexibility index (Phi) is 2.38. The molecule has 0 aliphatic carbocycles. The van der Waals surface area contributed by atoms with Crippen molar-refractivity contribution >= 4 is 11.0 Å². The third-order valence-corrected chi connectivity index (χ3v) is 3.19. The number of benzene rings is 1. The lowest BCUT2D eigenvalue weighted by atomic mass is 10.2. The zero-order valence-corrected chi connectivity index (χ0v) is 9.16. The molecular formula is C12H16N4. The van der Waals surface area contributed by atoms with Gasteiger partial charge in [-0.3, -0.25) is 0 Å². The highest BCUT2D eigenvalue weighted by atomic mass is 15.0. The molecule has 1 aromatic carbocycles. The maximum atomic E-state index is 5.62. The maximum absolute atomic E-state index is 5.62. The van der Waals surface area contributed by atoms with Crippen LogP contribution in [0.1, 0.15) is 30.3 Å². The molecule has 1 atom stereocenters. The number of imidazole rings is 1. The molecule has 16 heavy (non-hydrogen) atoms. The topological polar surface area (TPSA) is 66.7 Å². The van der Waals surface area contributed by atoms with Crippen LogP contribution in [-0.4, -0.2) is 16.5 Å². The lowest BCUT2D eigenvalue weighted by Crippen LogP contribution is -2.13. The second-order valence-corrected chi connectivity index (χ2v) is 4.33. The lowest BCUT2D eigenvalue weighted by Gasteiger charge is -2.04. The number of fused-ring (bicyclic) bond motifs is 1. The SMILES string of the molecule is NCc1ccc2nc(C3CCCN3)[nH]c2c1. The molecule has 84 valence electrons. The molecule has 2 heterocycles. The van der Waals surface area contributed by atoms with E-state index < -0.39 is 0 Å². The van der Waals surface area contributed by atoms with Gasteiger partial charge in [0.05, 0.1) is 17.1 Å². The summed E-state index contributed by atoms with van der Waals surface area (Å²) in [6.07, 6.45) is 2.40. The second kappa shape index (κ2) is 3.88. The van der Waals surface area contributed by atoms with Crippen LogP contribution in [0.5, 0.6) is 0 Å². The van der Waals surface area contributed by atoms with Gasteiger partial charge in [0.1, 0.15) is 5.82 Å². The van der Waals surface area contributed by atoms with Crippen molar-refractivity contribution < 1.29 is 0 Å². The van der Waals surface area contributed by atoms with Gasteiger partial charge in [-0.05, 0) is 37.1 Å². The Hall–Kier alpha value is -1.39. The van der Waals surface area contributed by atoms with Gasteiger partial charge in [-0.25, -0.2) is 4.98 Å². The van der Waals surface area contributed by atoms with E-state index >= 15 is 0 Å². The minimum absolute atomic E-state index is 0.397. The molecule has 4 heteroatoms. The molecule has 1 saturated heterocycles. The Labute approximate surface area is 94.3 Å². The molecule has 1 aliphatic heterocycles. The van der Waals surface area contributed by atoms with Gasteiger partial charge in [0, 0.05) is 6.54 Å². The number of aromatic amines is 1. The van der Waals surface area contributed by atoms with E-state index in [9.17, 15) is 0 Å². The summed E-state index contributed by atoms with van der Waals surface area (Å²) in [5.74, 6) is 1.06. The Bertz CT molecular complexity index is 497. The van der Waals surface area contributed by atoms with E-state index in [1.165, 1.54) is 12.8 Å². The first-order chi connectivity index (χ1) is 7.86. The van der Waals surface area contributed by atoms with Crippen LogP contribution in [0.4, 0.5) is 0 Å². The fourth-order valence-electron chi connectivity index (χ4n) is 2.29. The third kappa shape index (κ3) is 1.60. The highest BCUT2D eigenvalue weighted by molar-refractivity contribution is 5.76. The van der Waals surface area contributed by atoms with E-state index in [1.807, 2.05) is 12.1 Å². The van der Waals surface area contributed by atoms with E-state index in [-0.39, 0.29) is 0 Å². The van der Waals surface area contributed by atoms with E-state index in [0.29, 0.717) is 12.6 Å². The van der Waals surface area contributed by atoms with Crippen molar-refractivity contribution in [3.8, 4) is 0 Å². The summed E-state index contributed by atoms with van der Waals surface area (Å²) in [6, 6.07) is 6.55. The van der Waals surface area contributed by atoms with Gasteiger partial charge in [0.15, 0.2) is 0 Å². The van der Waals surface area contributed by atoms with Gasteiger partial charge >= 0.3 is 0 Å². The van der Waals surface area contributed by atoms with E-state index in [4.69, 9.17) is 5.73 Å². The van der Waals surface area contributed by atoms with Crippen LogP contribution in [-0.2, 0) is 6.54 Å². The average Bonchev–Trinajstić information content (AvgIpc) is 2.96. The van der Waals surface area contributed by atoms with Crippen molar-refractivity contribution in [1.82, 2.24) is 15.3 Å². The van der Waals surface area contributed by atoms with Crippen LogP contribution in [0.15, 0.2) is 18.2 Å². The molecule has 0 saturated carbocycles. The summed E-state index contributed by atoms with van der Waals surface area (Å²) in [5, 5.41) is 3.44. The molecule has 1 fully saturated rings. The fraction of sp³-hybridized carbons (Fsp3) is 0.417. The van der Waals surface area contributed by atoms with Gasteiger partial charge in [-0.1, -0.05) is 6.07 Å². The number of nitrogens with one attached hydrogen (secondary N) is 2. The zero-order chi connectivity index (χ0) is 11.0. The van der Waals surface area contributed by atoms with E-state index in [1.54, 1.807) is 0 Å². The molecular weight excluding hydrogens is 200 g/mol. The standard InChI is InChI=1S/C12H16N4/c13-7-8-3-4-9-11(6-8)16-12(15-9)10-2-1-5-14-10/h3-4,6,10,14H,1-2,5,7,13H2,(H,15,16). The van der Waals surface area contributed by atoms with Crippen molar-refractivity contribution in [3.05, 3.63) is 29.6 Å². The number of H-pyrrole nitrogens is 1. The molecule has 2 aromatic rings. The molecule has 0 amide bonds. The number of aromatic nitrogens is 2. The summed E-state index contributed by atoms with van der Waals surface area (Å²) >= 11 is 0. The molecule has 1 aliphatic rings. The molecule has 4 N–H and O–H groups in total. The molecule has 3 rings (SSSR count). The quantitative estimate of drug-likeness (QED) is 0.711. The summed E-state index contributed by atoms with van der Waals surface area (Å²) in [5.41, 5.74) is 8.88. The Morgan fingerprint density at radius 2 is 2.38 bits per heavy atom. The van der Waals surface area contributed by atoms with Crippen LogP contribution < -0.4 is 11.1 Å². The first-order valence-electron chi connectivity index (χ1n) is 5.79. The highest BCUT2D eigenvalue weighted by Crippen LogP contribution is 2.23. The number of rotatable bonds is 2. The van der Waals surface area contributed by atoms with Crippen molar-refractivity contribution in [2.45, 2.75) is 25.4 Å². The van der Waals surface area contributed by atoms with Crippen LogP contribution in [0.25, 0.3) is 11.0 Å². The number of hydrogen-bond acceptors (Lipinski definition) is 3. The summed E-state index contributed by atoms with van der Waals surface area (Å²) in [4.78, 5) is 7.99. The minimum atomic E-state index is 0.397. The summed E-state index contributed by atoms with van der Waals surface area (Å²) in [7, 11) is 0. The van der Waals surface area contributed by atoms with Crippen molar-refractivity contribution in [2.75, 3.05) is 6.54 Å². The predicted octanol–water partition coefficient (Wildman–Crippen LogP) is 1.45. The molecule has 0 radical (unpaired) electrons. The lowest BCUT2D eigenvalue weighted by molar-refractivity contribution is 0.614. The van der Waals surface area contributed by atoms with Gasteiger partial charge < -0.3 is 16.0 Å². The molecule has 0 bridgehead atoms. The Morgan fingerprint density at radius 3 is 3.12 bits per heavy atom. The van der Waals surface area contributed by atoms with Crippen molar-refractivity contribution in [3.63, 3.8) is 0 Å². The molecule has 0 spiro atoms. The maximum Gasteiger partial charge on any atom is 0.124 e. The third-order valence-electron chi connectivity index (χ3n) is 3.19. The Morgan fingerprint density at radius 1 is 1.44 bits per heavy atom. The van der Waals surface area contributed by atoms with Crippen molar-refractivity contribution in [1.29, 1.82) is 0 Å². The van der Waals surface area contributed by atoms with E-state index in [2.05, 4.69) is 21.4 Å². The highest BCUT2D eigenvalue weighted by Gasteiger charge is 2.19. The molecule has 1 aromatic heterocycles. The first kappa shape index (κ1) is 9.81. The van der Waals surface area contributed by atoms with Crippen LogP contribution in [0.3, 0.4) is 0 Å². The average molecular weight is 216 g/mol. The van der Waals surface area contributed by atoms with Crippen LogP contribution in [0, 0.1) is 0 Å². The summed E-state index contributed by atoms with van der Waals surface area (Å²) < 4.78 is 0. The molecule has 4 nitrogen and oxygen atoms in total. The van der Waals surface area contributed by atoms with Crippen LogP contribution >= 0.6 is 0 Å². The van der Waals surface area contributed by atoms with Gasteiger partial charge in [0.2, 0.25) is 0 Å². The normalized spacial score (nSPS) is 20.7. The number of nitrogens with two attached hydrogens (primary N) is 1. The number of hydrogen-bond donors (Lipinski definition) is 3. The summed E-state index contributed by atoms with van der Waals surface area (Å²) in [6.45, 7) is 1.67. The van der Waals surface area contributed by atoms with Crippen molar-refractivity contribution in [2.24, 2.45) is 5.73 Å². The van der Waals surface area contributed by atoms with Crippen LogP contribution in [0.2, 0.25) is 0 Å². The largest absolute Gasteiger partial charge is 0.341 e. The first-order valence-corrected chi connectivity index (χ1v) is 5.79. The van der Waals surface area contributed by atoms with E-state index in [0.717, 1.165) is 29.0 Å². The zero-order valence-electron chi connectivity index (χ0n) is 9.16. The predicted molar refractivity (Wildman–Crippen MR) is 64.0 cm³/mol. The van der Waals surface area contributed by atoms with Gasteiger partial charge in [-0.15, -0.1) is 0 Å². The second-order valence-electron chi connectivity index (χ2n) is 4.33. The van der Waals surface area contributed by atoms with Gasteiger partial charge in [-0.2, -0.15) is 0 Å². The fourth-order valence-corrected chi connectivity index (χ4v) is 2.29.